The van der Waals surface area contributed by atoms with E-state index in [2.05, 4.69) is 19.1 Å². The SMILES string of the molecule is CCCCCCCC(O)C1CC=CCC1. The molecule has 15 heavy (non-hydrogen) atoms. The molecular formula is C14H26O. The molecule has 0 amide bonds. The molecule has 88 valence electrons. The van der Waals surface area contributed by atoms with Crippen molar-refractivity contribution in [1.29, 1.82) is 0 Å². The first-order valence-electron chi connectivity index (χ1n) is 6.67. The summed E-state index contributed by atoms with van der Waals surface area (Å²) in [5.74, 6) is 0.543. The Balaban J connectivity index is 2.02. The van der Waals surface area contributed by atoms with Gasteiger partial charge in [0.15, 0.2) is 0 Å². The zero-order chi connectivity index (χ0) is 10.9. The van der Waals surface area contributed by atoms with Crippen LogP contribution in [0.3, 0.4) is 0 Å². The van der Waals surface area contributed by atoms with Gasteiger partial charge >= 0.3 is 0 Å². The summed E-state index contributed by atoms with van der Waals surface area (Å²) in [4.78, 5) is 0. The highest BCUT2D eigenvalue weighted by molar-refractivity contribution is 4.92. The highest BCUT2D eigenvalue weighted by atomic mass is 16.3. The normalized spacial score (nSPS) is 22.9. The fourth-order valence-electron chi connectivity index (χ4n) is 2.36. The van der Waals surface area contributed by atoms with E-state index in [9.17, 15) is 5.11 Å². The Kier molecular flexibility index (Phi) is 6.74. The first-order chi connectivity index (χ1) is 7.34. The van der Waals surface area contributed by atoms with Crippen LogP contribution >= 0.6 is 0 Å². The first-order valence-corrected chi connectivity index (χ1v) is 6.67. The van der Waals surface area contributed by atoms with E-state index >= 15 is 0 Å². The van der Waals surface area contributed by atoms with Crippen LogP contribution < -0.4 is 0 Å². The molecule has 0 spiro atoms. The van der Waals surface area contributed by atoms with Gasteiger partial charge in [-0.15, -0.1) is 0 Å². The quantitative estimate of drug-likeness (QED) is 0.496. The molecule has 0 aromatic rings. The van der Waals surface area contributed by atoms with Gasteiger partial charge in [0.05, 0.1) is 6.10 Å². The van der Waals surface area contributed by atoms with E-state index in [-0.39, 0.29) is 6.10 Å². The van der Waals surface area contributed by atoms with Crippen molar-refractivity contribution in [2.24, 2.45) is 5.92 Å². The molecule has 0 saturated heterocycles. The third kappa shape index (κ3) is 5.36. The second kappa shape index (κ2) is 7.92. The standard InChI is InChI=1S/C14H26O/c1-2-3-4-5-9-12-14(15)13-10-7-6-8-11-13/h6-7,13-15H,2-5,8-12H2,1H3. The molecule has 0 heterocycles. The van der Waals surface area contributed by atoms with Crippen LogP contribution in [0.5, 0.6) is 0 Å². The lowest BCUT2D eigenvalue weighted by Gasteiger charge is -2.23. The Morgan fingerprint density at radius 1 is 1.20 bits per heavy atom. The Bertz CT molecular complexity index is 174. The molecule has 0 aromatic carbocycles. The van der Waals surface area contributed by atoms with Crippen molar-refractivity contribution in [3.05, 3.63) is 12.2 Å². The van der Waals surface area contributed by atoms with Gasteiger partial charge in [-0.1, -0.05) is 51.2 Å². The Morgan fingerprint density at radius 2 is 2.00 bits per heavy atom. The van der Waals surface area contributed by atoms with E-state index in [4.69, 9.17) is 0 Å². The molecule has 1 N–H and O–H groups in total. The van der Waals surface area contributed by atoms with Gasteiger partial charge in [0, 0.05) is 0 Å². The lowest BCUT2D eigenvalue weighted by atomic mass is 9.87. The van der Waals surface area contributed by atoms with Gasteiger partial charge in [0.25, 0.3) is 0 Å². The smallest absolute Gasteiger partial charge is 0.0571 e. The summed E-state index contributed by atoms with van der Waals surface area (Å²) in [5.41, 5.74) is 0. The second-order valence-corrected chi connectivity index (χ2v) is 4.81. The van der Waals surface area contributed by atoms with Gasteiger partial charge in [-0.3, -0.25) is 0 Å². The Labute approximate surface area is 94.6 Å². The van der Waals surface area contributed by atoms with E-state index in [0.717, 1.165) is 19.3 Å². The van der Waals surface area contributed by atoms with Crippen molar-refractivity contribution in [3.8, 4) is 0 Å². The maximum Gasteiger partial charge on any atom is 0.0571 e. The first kappa shape index (κ1) is 12.8. The van der Waals surface area contributed by atoms with E-state index in [0.29, 0.717) is 5.92 Å². The summed E-state index contributed by atoms with van der Waals surface area (Å²) in [6.45, 7) is 2.24. The van der Waals surface area contributed by atoms with Gasteiger partial charge in [-0.05, 0) is 31.6 Å². The predicted molar refractivity (Wildman–Crippen MR) is 65.9 cm³/mol. The zero-order valence-corrected chi connectivity index (χ0v) is 10.1. The highest BCUT2D eigenvalue weighted by Gasteiger charge is 2.18. The number of rotatable bonds is 7. The number of hydrogen-bond acceptors (Lipinski definition) is 1. The minimum absolute atomic E-state index is 0.0448. The third-order valence-electron chi connectivity index (χ3n) is 3.46. The van der Waals surface area contributed by atoms with Gasteiger partial charge < -0.3 is 5.11 Å². The summed E-state index contributed by atoms with van der Waals surface area (Å²) in [7, 11) is 0. The van der Waals surface area contributed by atoms with Crippen molar-refractivity contribution in [2.45, 2.75) is 70.8 Å². The fraction of sp³-hybridized carbons (Fsp3) is 0.857. The van der Waals surface area contributed by atoms with Crippen molar-refractivity contribution in [1.82, 2.24) is 0 Å². The van der Waals surface area contributed by atoms with E-state index in [1.165, 1.54) is 38.5 Å². The molecule has 0 aliphatic heterocycles. The van der Waals surface area contributed by atoms with Crippen LogP contribution in [0.4, 0.5) is 0 Å². The van der Waals surface area contributed by atoms with Crippen LogP contribution in [0.2, 0.25) is 0 Å². The molecule has 1 nitrogen and oxygen atoms in total. The maximum absolute atomic E-state index is 10.00. The lowest BCUT2D eigenvalue weighted by molar-refractivity contribution is 0.0907. The van der Waals surface area contributed by atoms with Crippen molar-refractivity contribution in [3.63, 3.8) is 0 Å². The molecule has 1 rings (SSSR count). The monoisotopic (exact) mass is 210 g/mol. The minimum Gasteiger partial charge on any atom is -0.393 e. The third-order valence-corrected chi connectivity index (χ3v) is 3.46. The van der Waals surface area contributed by atoms with Gasteiger partial charge in [0.1, 0.15) is 0 Å². The average molecular weight is 210 g/mol. The summed E-state index contributed by atoms with van der Waals surface area (Å²) in [6.07, 6.45) is 15.4. The van der Waals surface area contributed by atoms with Gasteiger partial charge in [-0.25, -0.2) is 0 Å². The molecule has 1 aliphatic rings. The van der Waals surface area contributed by atoms with Crippen LogP contribution in [-0.4, -0.2) is 11.2 Å². The summed E-state index contributed by atoms with van der Waals surface area (Å²) < 4.78 is 0. The molecule has 0 fully saturated rings. The largest absolute Gasteiger partial charge is 0.393 e. The molecule has 0 saturated carbocycles. The predicted octanol–water partition coefficient (Wildman–Crippen LogP) is 4.06. The molecule has 0 bridgehead atoms. The lowest BCUT2D eigenvalue weighted by Crippen LogP contribution is -2.21. The van der Waals surface area contributed by atoms with Crippen LogP contribution in [-0.2, 0) is 0 Å². The van der Waals surface area contributed by atoms with Gasteiger partial charge in [-0.2, -0.15) is 0 Å². The summed E-state index contributed by atoms with van der Waals surface area (Å²) in [5, 5.41) is 10.00. The van der Waals surface area contributed by atoms with E-state index < -0.39 is 0 Å². The number of aliphatic hydroxyl groups is 1. The number of unbranched alkanes of at least 4 members (excludes halogenated alkanes) is 4. The molecule has 1 heteroatoms. The maximum atomic E-state index is 10.00. The van der Waals surface area contributed by atoms with Crippen LogP contribution in [0, 0.1) is 5.92 Å². The number of allylic oxidation sites excluding steroid dienone is 2. The number of aliphatic hydroxyl groups excluding tert-OH is 1. The molecule has 2 atom stereocenters. The number of hydrogen-bond donors (Lipinski definition) is 1. The molecule has 1 aliphatic carbocycles. The van der Waals surface area contributed by atoms with Crippen molar-refractivity contribution < 1.29 is 5.11 Å². The van der Waals surface area contributed by atoms with Crippen LogP contribution in [0.25, 0.3) is 0 Å². The molecule has 2 unspecified atom stereocenters. The van der Waals surface area contributed by atoms with Crippen molar-refractivity contribution in [2.75, 3.05) is 0 Å². The van der Waals surface area contributed by atoms with E-state index in [1.807, 2.05) is 0 Å². The van der Waals surface area contributed by atoms with Crippen LogP contribution in [0.1, 0.15) is 64.7 Å². The fourth-order valence-corrected chi connectivity index (χ4v) is 2.36. The molecular weight excluding hydrogens is 184 g/mol. The van der Waals surface area contributed by atoms with Gasteiger partial charge in [0.2, 0.25) is 0 Å². The van der Waals surface area contributed by atoms with E-state index in [1.54, 1.807) is 0 Å². The minimum atomic E-state index is -0.0448. The second-order valence-electron chi connectivity index (χ2n) is 4.81. The molecule has 0 aromatic heterocycles. The Hall–Kier alpha value is -0.300. The topological polar surface area (TPSA) is 20.2 Å². The Morgan fingerprint density at radius 3 is 2.67 bits per heavy atom. The average Bonchev–Trinajstić information content (AvgIpc) is 2.30. The summed E-state index contributed by atoms with van der Waals surface area (Å²) in [6, 6.07) is 0. The molecule has 0 radical (unpaired) electrons. The van der Waals surface area contributed by atoms with Crippen LogP contribution in [0.15, 0.2) is 12.2 Å². The zero-order valence-electron chi connectivity index (χ0n) is 10.1. The highest BCUT2D eigenvalue weighted by Crippen LogP contribution is 2.24. The summed E-state index contributed by atoms with van der Waals surface area (Å²) >= 11 is 0. The van der Waals surface area contributed by atoms with Crippen molar-refractivity contribution >= 4 is 0 Å².